The fourth-order valence-corrected chi connectivity index (χ4v) is 5.51. The highest BCUT2D eigenvalue weighted by atomic mass is 16.3. The molecule has 0 unspecified atom stereocenters. The quantitative estimate of drug-likeness (QED) is 0.0887. The van der Waals surface area contributed by atoms with E-state index in [9.17, 15) is 48.6 Å². The Kier molecular flexibility index (Phi) is 13.6. The molecule has 1 aromatic carbocycles. The maximum Gasteiger partial charge on any atom is 0.248 e. The van der Waals surface area contributed by atoms with Crippen molar-refractivity contribution in [1.29, 1.82) is 0 Å². The third kappa shape index (κ3) is 10.6. The zero-order valence-electron chi connectivity index (χ0n) is 26.5. The van der Waals surface area contributed by atoms with Gasteiger partial charge in [0.15, 0.2) is 0 Å². The van der Waals surface area contributed by atoms with Gasteiger partial charge in [-0.2, -0.15) is 0 Å². The number of phenols is 1. The molecule has 0 bridgehead atoms. The van der Waals surface area contributed by atoms with Crippen LogP contribution in [0.1, 0.15) is 38.2 Å². The molecule has 0 spiro atoms. The lowest BCUT2D eigenvalue weighted by Crippen LogP contribution is -2.59. The van der Waals surface area contributed by atoms with E-state index in [1.165, 1.54) is 28.9 Å². The number of likely N-dealkylation sites (tertiary alicyclic amines) is 2. The molecular weight excluding hydrogens is 632 g/mol. The molecule has 0 radical (unpaired) electrons. The molecule has 48 heavy (non-hydrogen) atoms. The van der Waals surface area contributed by atoms with Gasteiger partial charge in [0, 0.05) is 26.4 Å². The molecule has 4 atom stereocenters. The molecule has 262 valence electrons. The lowest BCUT2D eigenvalue weighted by Gasteiger charge is -2.31. The summed E-state index contributed by atoms with van der Waals surface area (Å²) in [6.45, 7) is -0.532. The molecule has 18 heteroatoms. The van der Waals surface area contributed by atoms with Crippen LogP contribution in [0.3, 0.4) is 0 Å². The summed E-state index contributed by atoms with van der Waals surface area (Å²) in [7, 11) is 0. The van der Waals surface area contributed by atoms with E-state index in [4.69, 9.17) is 5.73 Å². The molecule has 3 rings (SSSR count). The van der Waals surface area contributed by atoms with Crippen LogP contribution in [-0.2, 0) is 44.8 Å². The average Bonchev–Trinajstić information content (AvgIpc) is 3.75. The number of hydrogen-bond donors (Lipinski definition) is 8. The topological polar surface area (TPSA) is 270 Å². The van der Waals surface area contributed by atoms with Crippen LogP contribution in [0.15, 0.2) is 24.3 Å². The van der Waals surface area contributed by atoms with E-state index in [2.05, 4.69) is 26.6 Å². The second-order valence-corrected chi connectivity index (χ2v) is 11.5. The van der Waals surface area contributed by atoms with Crippen LogP contribution in [-0.4, -0.2) is 131 Å². The number of benzene rings is 1. The number of aliphatic hydroxyl groups excluding tert-OH is 1. The molecule has 2 fully saturated rings. The Labute approximate surface area is 276 Å². The van der Waals surface area contributed by atoms with Crippen LogP contribution in [0.4, 0.5) is 0 Å². The Balaban J connectivity index is 1.71. The fourth-order valence-electron chi connectivity index (χ4n) is 5.51. The first kappa shape index (κ1) is 37.2. The van der Waals surface area contributed by atoms with Gasteiger partial charge in [-0.15, -0.1) is 0 Å². The lowest BCUT2D eigenvalue weighted by atomic mass is 10.0. The SMILES string of the molecule is CC(=O)NCC(=O)NCC(=O)N[C@@H](CO)C(=O)N1CCC[C@H]1C(=O)N[C@@H](Cc1ccc(O)cc1)C(=O)N1CCC[C@H]1C(=O)NCC(N)=O. The number of amides is 8. The van der Waals surface area contributed by atoms with Gasteiger partial charge in [-0.1, -0.05) is 12.1 Å². The molecule has 2 aliphatic heterocycles. The zero-order chi connectivity index (χ0) is 35.4. The average molecular weight is 675 g/mol. The van der Waals surface area contributed by atoms with E-state index in [1.54, 1.807) is 12.1 Å². The molecule has 2 saturated heterocycles. The number of phenolic OH excluding ortho intramolecular Hbond substituents is 1. The van der Waals surface area contributed by atoms with Gasteiger partial charge in [0.1, 0.15) is 29.9 Å². The summed E-state index contributed by atoms with van der Waals surface area (Å²) in [5, 5.41) is 31.6. The zero-order valence-corrected chi connectivity index (χ0v) is 26.5. The van der Waals surface area contributed by atoms with Crippen molar-refractivity contribution >= 4 is 47.3 Å². The summed E-state index contributed by atoms with van der Waals surface area (Å²) in [6.07, 6.45) is 1.46. The molecule has 18 nitrogen and oxygen atoms in total. The number of primary amides is 1. The predicted octanol–water partition coefficient (Wildman–Crippen LogP) is -4.27. The molecule has 9 N–H and O–H groups in total. The van der Waals surface area contributed by atoms with E-state index in [1.807, 2.05) is 0 Å². The van der Waals surface area contributed by atoms with Crippen molar-refractivity contribution in [3.05, 3.63) is 29.8 Å². The van der Waals surface area contributed by atoms with Crippen LogP contribution in [0.2, 0.25) is 0 Å². The molecule has 0 saturated carbocycles. The highest BCUT2D eigenvalue weighted by Crippen LogP contribution is 2.22. The molecule has 2 heterocycles. The monoisotopic (exact) mass is 674 g/mol. The Bertz CT molecular complexity index is 1390. The number of carbonyl (C=O) groups is 8. The summed E-state index contributed by atoms with van der Waals surface area (Å²) in [4.78, 5) is 103. The van der Waals surface area contributed by atoms with E-state index >= 15 is 0 Å². The van der Waals surface area contributed by atoms with Crippen LogP contribution in [0.25, 0.3) is 0 Å². The van der Waals surface area contributed by atoms with E-state index in [0.29, 0.717) is 24.8 Å². The van der Waals surface area contributed by atoms with Crippen molar-refractivity contribution in [1.82, 2.24) is 36.4 Å². The first-order chi connectivity index (χ1) is 22.8. The Hall–Kier alpha value is -5.26. The number of aliphatic hydroxyl groups is 1. The summed E-state index contributed by atoms with van der Waals surface area (Å²) in [6, 6.07) is 1.42. The Morgan fingerprint density at radius 3 is 1.90 bits per heavy atom. The fraction of sp³-hybridized carbons (Fsp3) is 0.533. The van der Waals surface area contributed by atoms with Gasteiger partial charge in [-0.05, 0) is 43.4 Å². The molecule has 2 aliphatic rings. The van der Waals surface area contributed by atoms with Crippen molar-refractivity contribution in [2.75, 3.05) is 39.3 Å². The van der Waals surface area contributed by atoms with Gasteiger partial charge in [0.25, 0.3) is 0 Å². The number of nitrogens with two attached hydrogens (primary N) is 1. The van der Waals surface area contributed by atoms with Crippen molar-refractivity contribution < 1.29 is 48.6 Å². The normalized spacial score (nSPS) is 18.3. The minimum absolute atomic E-state index is 0.00518. The maximum absolute atomic E-state index is 13.9. The van der Waals surface area contributed by atoms with Gasteiger partial charge in [0.2, 0.25) is 47.3 Å². The van der Waals surface area contributed by atoms with Crippen LogP contribution in [0.5, 0.6) is 5.75 Å². The molecular formula is C30H42N8O10. The minimum Gasteiger partial charge on any atom is -0.508 e. The van der Waals surface area contributed by atoms with Crippen molar-refractivity contribution in [3.8, 4) is 5.75 Å². The number of hydrogen-bond acceptors (Lipinski definition) is 10. The third-order valence-corrected chi connectivity index (χ3v) is 7.86. The first-order valence-electron chi connectivity index (χ1n) is 15.5. The van der Waals surface area contributed by atoms with E-state index in [0.717, 1.165) is 0 Å². The number of nitrogens with zero attached hydrogens (tertiary/aromatic N) is 2. The van der Waals surface area contributed by atoms with Crippen molar-refractivity contribution in [2.45, 2.75) is 63.2 Å². The van der Waals surface area contributed by atoms with Crippen molar-refractivity contribution in [3.63, 3.8) is 0 Å². The Morgan fingerprint density at radius 1 is 0.771 bits per heavy atom. The third-order valence-electron chi connectivity index (χ3n) is 7.86. The second kappa shape index (κ2) is 17.6. The lowest BCUT2D eigenvalue weighted by molar-refractivity contribution is -0.144. The summed E-state index contributed by atoms with van der Waals surface area (Å²) >= 11 is 0. The van der Waals surface area contributed by atoms with E-state index < -0.39 is 91.1 Å². The standard InChI is InChI=1S/C30H42N8O10/c1-17(40)32-14-25(43)33-15-26(44)35-21(16-39)30(48)38-11-3-5-23(38)28(46)36-20(12-18-6-8-19(41)9-7-18)29(47)37-10-2-4-22(37)27(45)34-13-24(31)42/h6-9,20-23,39,41H,2-5,10-16H2,1H3,(H2,31,42)(H,32,40)(H,33,43)(H,34,45)(H,35,44)(H,36,46)/t20-,21-,22-,23-/m0/s1. The van der Waals surface area contributed by atoms with E-state index in [-0.39, 0.29) is 38.2 Å². The molecule has 1 aromatic rings. The predicted molar refractivity (Wildman–Crippen MR) is 166 cm³/mol. The molecule has 0 aromatic heterocycles. The van der Waals surface area contributed by atoms with Gasteiger partial charge < -0.3 is 52.3 Å². The van der Waals surface area contributed by atoms with Crippen molar-refractivity contribution in [2.24, 2.45) is 5.73 Å². The van der Waals surface area contributed by atoms with Crippen LogP contribution in [0, 0.1) is 0 Å². The van der Waals surface area contributed by atoms with Crippen LogP contribution >= 0.6 is 0 Å². The summed E-state index contributed by atoms with van der Waals surface area (Å²) in [5.74, 6) is -5.18. The van der Waals surface area contributed by atoms with Gasteiger partial charge in [-0.3, -0.25) is 38.4 Å². The smallest absolute Gasteiger partial charge is 0.248 e. The summed E-state index contributed by atoms with van der Waals surface area (Å²) < 4.78 is 0. The highest BCUT2D eigenvalue weighted by Gasteiger charge is 2.41. The maximum atomic E-state index is 13.9. The minimum atomic E-state index is -1.43. The second-order valence-electron chi connectivity index (χ2n) is 11.5. The largest absolute Gasteiger partial charge is 0.508 e. The van der Waals surface area contributed by atoms with Gasteiger partial charge >= 0.3 is 0 Å². The first-order valence-corrected chi connectivity index (χ1v) is 15.5. The number of aromatic hydroxyl groups is 1. The van der Waals surface area contributed by atoms with Gasteiger partial charge in [-0.25, -0.2) is 0 Å². The van der Waals surface area contributed by atoms with Crippen LogP contribution < -0.4 is 32.3 Å². The number of carbonyl (C=O) groups excluding carboxylic acids is 8. The Morgan fingerprint density at radius 2 is 1.33 bits per heavy atom. The molecule has 0 aliphatic carbocycles. The molecule has 8 amide bonds. The highest BCUT2D eigenvalue weighted by molar-refractivity contribution is 5.97. The van der Waals surface area contributed by atoms with Gasteiger partial charge in [0.05, 0.1) is 26.2 Å². The number of nitrogens with one attached hydrogen (secondary N) is 5. The number of rotatable bonds is 15. The summed E-state index contributed by atoms with van der Waals surface area (Å²) in [5.41, 5.74) is 5.72.